The fraction of sp³-hybridized carbons (Fsp3) is 0.300. The Morgan fingerprint density at radius 2 is 2.20 bits per heavy atom. The van der Waals surface area contributed by atoms with Crippen LogP contribution in [0.1, 0.15) is 6.92 Å². The number of amidine groups is 1. The molecule has 0 radical (unpaired) electrons. The SMILES string of the molecule is CC1=CC(SC2=NCCN2)=CC(=O)C1=O. The Morgan fingerprint density at radius 3 is 2.80 bits per heavy atom. The van der Waals surface area contributed by atoms with Gasteiger partial charge in [-0.15, -0.1) is 0 Å². The first-order valence-electron chi connectivity index (χ1n) is 4.61. The minimum absolute atomic E-state index is 0.416. The van der Waals surface area contributed by atoms with Gasteiger partial charge >= 0.3 is 0 Å². The molecular formula is C10H10N2O2S. The number of carbonyl (C=O) groups excluding carboxylic acids is 2. The van der Waals surface area contributed by atoms with E-state index in [9.17, 15) is 9.59 Å². The molecule has 0 saturated carbocycles. The second-order valence-electron chi connectivity index (χ2n) is 3.28. The molecule has 1 aliphatic heterocycles. The number of hydrogen-bond donors (Lipinski definition) is 1. The molecule has 0 bridgehead atoms. The summed E-state index contributed by atoms with van der Waals surface area (Å²) in [5.41, 5.74) is 0.489. The van der Waals surface area contributed by atoms with E-state index in [-0.39, 0.29) is 0 Å². The van der Waals surface area contributed by atoms with Crippen LogP contribution in [0.3, 0.4) is 0 Å². The van der Waals surface area contributed by atoms with E-state index < -0.39 is 11.6 Å². The van der Waals surface area contributed by atoms with Gasteiger partial charge in [-0.25, -0.2) is 0 Å². The molecule has 0 fully saturated rings. The first-order chi connectivity index (χ1) is 7.16. The second kappa shape index (κ2) is 4.02. The molecule has 1 aliphatic carbocycles. The highest BCUT2D eigenvalue weighted by Crippen LogP contribution is 2.24. The predicted octanol–water partition coefficient (Wildman–Crippen LogP) is 0.661. The summed E-state index contributed by atoms with van der Waals surface area (Å²) in [5, 5.41) is 3.90. The normalized spacial score (nSPS) is 20.7. The van der Waals surface area contributed by atoms with Crippen LogP contribution in [0.4, 0.5) is 0 Å². The largest absolute Gasteiger partial charge is 0.363 e. The van der Waals surface area contributed by atoms with Crippen molar-refractivity contribution in [1.29, 1.82) is 0 Å². The van der Waals surface area contributed by atoms with E-state index in [1.54, 1.807) is 13.0 Å². The molecule has 0 spiro atoms. The van der Waals surface area contributed by atoms with Crippen LogP contribution in [-0.2, 0) is 9.59 Å². The van der Waals surface area contributed by atoms with Gasteiger partial charge < -0.3 is 5.32 Å². The first kappa shape index (κ1) is 10.2. The van der Waals surface area contributed by atoms with E-state index in [0.717, 1.165) is 23.2 Å². The molecule has 0 aromatic carbocycles. The Kier molecular flexibility index (Phi) is 2.73. The number of aliphatic imine (C=N–C) groups is 1. The van der Waals surface area contributed by atoms with Gasteiger partial charge in [0.25, 0.3) is 0 Å². The zero-order chi connectivity index (χ0) is 10.8. The summed E-state index contributed by atoms with van der Waals surface area (Å²) in [4.78, 5) is 27.4. The molecule has 0 amide bonds. The predicted molar refractivity (Wildman–Crippen MR) is 59.7 cm³/mol. The van der Waals surface area contributed by atoms with E-state index in [1.165, 1.54) is 17.8 Å². The third-order valence-corrected chi connectivity index (χ3v) is 3.01. The number of nitrogens with one attached hydrogen (secondary N) is 1. The molecule has 15 heavy (non-hydrogen) atoms. The zero-order valence-corrected chi connectivity index (χ0v) is 9.06. The van der Waals surface area contributed by atoms with Gasteiger partial charge in [-0.1, -0.05) is 11.8 Å². The molecule has 78 valence electrons. The molecule has 0 aromatic heterocycles. The summed E-state index contributed by atoms with van der Waals surface area (Å²) in [5.74, 6) is -0.864. The Labute approximate surface area is 91.5 Å². The third-order valence-electron chi connectivity index (χ3n) is 2.07. The third kappa shape index (κ3) is 2.18. The summed E-state index contributed by atoms with van der Waals surface area (Å²) < 4.78 is 0. The lowest BCUT2D eigenvalue weighted by atomic mass is 10.0. The average molecular weight is 222 g/mol. The molecule has 2 rings (SSSR count). The van der Waals surface area contributed by atoms with Crippen molar-refractivity contribution < 1.29 is 9.59 Å². The van der Waals surface area contributed by atoms with Crippen LogP contribution in [0.5, 0.6) is 0 Å². The van der Waals surface area contributed by atoms with Crippen molar-refractivity contribution in [3.63, 3.8) is 0 Å². The van der Waals surface area contributed by atoms with E-state index in [0.29, 0.717) is 5.57 Å². The molecule has 1 N–H and O–H groups in total. The maximum atomic E-state index is 11.2. The van der Waals surface area contributed by atoms with Crippen molar-refractivity contribution in [2.24, 2.45) is 4.99 Å². The summed E-state index contributed by atoms with van der Waals surface area (Å²) in [7, 11) is 0. The number of hydrogen-bond acceptors (Lipinski definition) is 5. The summed E-state index contributed by atoms with van der Waals surface area (Å²) in [6, 6.07) is 0. The number of thioether (sulfide) groups is 1. The van der Waals surface area contributed by atoms with Crippen molar-refractivity contribution in [1.82, 2.24) is 5.32 Å². The summed E-state index contributed by atoms with van der Waals surface area (Å²) >= 11 is 1.39. The lowest BCUT2D eigenvalue weighted by molar-refractivity contribution is -0.131. The van der Waals surface area contributed by atoms with Gasteiger partial charge in [0.05, 0.1) is 6.54 Å². The maximum absolute atomic E-state index is 11.2. The lowest BCUT2D eigenvalue weighted by Gasteiger charge is -2.08. The molecular weight excluding hydrogens is 212 g/mol. The van der Waals surface area contributed by atoms with Gasteiger partial charge in [-0.05, 0) is 13.0 Å². The molecule has 1 heterocycles. The Balaban J connectivity index is 2.13. The Bertz CT molecular complexity index is 421. The molecule has 2 aliphatic rings. The van der Waals surface area contributed by atoms with Gasteiger partial charge in [0.2, 0.25) is 11.6 Å². The second-order valence-corrected chi connectivity index (χ2v) is 4.35. The van der Waals surface area contributed by atoms with Crippen LogP contribution in [0.15, 0.2) is 27.6 Å². The van der Waals surface area contributed by atoms with E-state index in [2.05, 4.69) is 10.3 Å². The highest BCUT2D eigenvalue weighted by atomic mass is 32.2. The van der Waals surface area contributed by atoms with Crippen LogP contribution in [0.2, 0.25) is 0 Å². The minimum Gasteiger partial charge on any atom is -0.363 e. The number of carbonyl (C=O) groups is 2. The van der Waals surface area contributed by atoms with Crippen LogP contribution in [-0.4, -0.2) is 29.8 Å². The number of Topliss-reactive ketones (excluding diaryl/α,β-unsaturated/α-hetero) is 1. The van der Waals surface area contributed by atoms with Gasteiger partial charge in [-0.3, -0.25) is 14.6 Å². The highest BCUT2D eigenvalue weighted by molar-refractivity contribution is 8.17. The zero-order valence-electron chi connectivity index (χ0n) is 8.24. The topological polar surface area (TPSA) is 58.5 Å². The molecule has 0 atom stereocenters. The van der Waals surface area contributed by atoms with Crippen LogP contribution >= 0.6 is 11.8 Å². The summed E-state index contributed by atoms with van der Waals surface area (Å²) in [6.45, 7) is 3.26. The van der Waals surface area contributed by atoms with E-state index >= 15 is 0 Å². The van der Waals surface area contributed by atoms with Crippen LogP contribution < -0.4 is 5.32 Å². The van der Waals surface area contributed by atoms with Gasteiger partial charge in [0, 0.05) is 23.1 Å². The quantitative estimate of drug-likeness (QED) is 0.523. The minimum atomic E-state index is -0.448. The highest BCUT2D eigenvalue weighted by Gasteiger charge is 2.20. The number of rotatable bonds is 1. The fourth-order valence-corrected chi connectivity index (χ4v) is 2.28. The first-order valence-corrected chi connectivity index (χ1v) is 5.43. The van der Waals surface area contributed by atoms with Crippen molar-refractivity contribution in [3.05, 3.63) is 22.6 Å². The Hall–Kier alpha value is -1.36. The molecule has 4 nitrogen and oxygen atoms in total. The van der Waals surface area contributed by atoms with Crippen molar-refractivity contribution in [3.8, 4) is 0 Å². The van der Waals surface area contributed by atoms with Crippen molar-refractivity contribution in [2.75, 3.05) is 13.1 Å². The monoisotopic (exact) mass is 222 g/mol. The van der Waals surface area contributed by atoms with Crippen molar-refractivity contribution in [2.45, 2.75) is 6.92 Å². The van der Waals surface area contributed by atoms with E-state index in [1.807, 2.05) is 0 Å². The fourth-order valence-electron chi connectivity index (χ4n) is 1.32. The molecule has 0 unspecified atom stereocenters. The average Bonchev–Trinajstić information content (AvgIpc) is 2.66. The van der Waals surface area contributed by atoms with Crippen LogP contribution in [0, 0.1) is 0 Å². The molecule has 0 aromatic rings. The lowest BCUT2D eigenvalue weighted by Crippen LogP contribution is -2.18. The Morgan fingerprint density at radius 1 is 1.40 bits per heavy atom. The van der Waals surface area contributed by atoms with Gasteiger partial charge in [0.15, 0.2) is 5.17 Å². The maximum Gasteiger partial charge on any atom is 0.228 e. The molecule has 5 heteroatoms. The smallest absolute Gasteiger partial charge is 0.228 e. The molecule has 0 saturated heterocycles. The van der Waals surface area contributed by atoms with E-state index in [4.69, 9.17) is 0 Å². The van der Waals surface area contributed by atoms with Gasteiger partial charge in [0.1, 0.15) is 0 Å². The number of ketones is 2. The van der Waals surface area contributed by atoms with Gasteiger partial charge in [-0.2, -0.15) is 0 Å². The summed E-state index contributed by atoms with van der Waals surface area (Å²) in [6.07, 6.45) is 3.08. The number of allylic oxidation sites excluding steroid dienone is 3. The number of nitrogens with zero attached hydrogens (tertiary/aromatic N) is 1. The van der Waals surface area contributed by atoms with Crippen molar-refractivity contribution >= 4 is 28.5 Å². The standard InChI is InChI=1S/C10H10N2O2S/c1-6-4-7(5-8(13)9(6)14)15-10-11-2-3-12-10/h4-5H,2-3H2,1H3,(H,11,12). The van der Waals surface area contributed by atoms with Crippen LogP contribution in [0.25, 0.3) is 0 Å².